The summed E-state index contributed by atoms with van der Waals surface area (Å²) >= 11 is 0. The second-order valence-corrected chi connectivity index (χ2v) is 4.91. The van der Waals surface area contributed by atoms with Crippen molar-refractivity contribution in [1.29, 1.82) is 5.26 Å². The topological polar surface area (TPSA) is 77.8 Å². The molecule has 1 aliphatic rings. The molecule has 23 heavy (non-hydrogen) atoms. The summed E-state index contributed by atoms with van der Waals surface area (Å²) in [5.74, 6) is 0.915. The van der Waals surface area contributed by atoms with Crippen molar-refractivity contribution in [3.8, 4) is 23.3 Å². The van der Waals surface area contributed by atoms with Crippen LogP contribution in [-0.4, -0.2) is 32.9 Å². The highest BCUT2D eigenvalue weighted by atomic mass is 16.6. The standard InChI is InChI=1S/C17H19NO5/c1-3-4-5-23-17(19)13(11-18)8-12-9-14(20-2)16-15(10-12)21-6-7-22-16/h8-10H,3-7H2,1-2H3/b13-8+. The number of carbonyl (C=O) groups is 1. The number of methoxy groups -OCH3 is 1. The van der Waals surface area contributed by atoms with Gasteiger partial charge in [0.25, 0.3) is 0 Å². The summed E-state index contributed by atoms with van der Waals surface area (Å²) < 4.78 is 21.4. The van der Waals surface area contributed by atoms with Crippen molar-refractivity contribution in [1.82, 2.24) is 0 Å². The lowest BCUT2D eigenvalue weighted by atomic mass is 10.1. The molecule has 0 aliphatic carbocycles. The average Bonchev–Trinajstić information content (AvgIpc) is 2.58. The maximum absolute atomic E-state index is 11.9. The molecule has 0 saturated heterocycles. The number of carbonyl (C=O) groups excluding carboxylic acids is 1. The van der Waals surface area contributed by atoms with E-state index in [-0.39, 0.29) is 5.57 Å². The monoisotopic (exact) mass is 317 g/mol. The summed E-state index contributed by atoms with van der Waals surface area (Å²) in [5, 5.41) is 9.17. The van der Waals surface area contributed by atoms with Gasteiger partial charge in [-0.05, 0) is 30.2 Å². The fourth-order valence-corrected chi connectivity index (χ4v) is 2.07. The van der Waals surface area contributed by atoms with Crippen LogP contribution in [0.1, 0.15) is 25.3 Å². The second kappa shape index (κ2) is 8.08. The summed E-state index contributed by atoms with van der Waals surface area (Å²) in [4.78, 5) is 11.9. The Morgan fingerprint density at radius 1 is 1.39 bits per heavy atom. The molecular formula is C17H19NO5. The van der Waals surface area contributed by atoms with Crippen LogP contribution in [0.4, 0.5) is 0 Å². The summed E-state index contributed by atoms with van der Waals surface area (Å²) in [7, 11) is 1.52. The van der Waals surface area contributed by atoms with Crippen LogP contribution in [-0.2, 0) is 9.53 Å². The lowest BCUT2D eigenvalue weighted by Crippen LogP contribution is -2.16. The number of hydrogen-bond donors (Lipinski definition) is 0. The van der Waals surface area contributed by atoms with Crippen LogP contribution in [0.25, 0.3) is 6.08 Å². The normalized spacial score (nSPS) is 13.2. The molecule has 0 bridgehead atoms. The number of ether oxygens (including phenoxy) is 4. The minimum Gasteiger partial charge on any atom is -0.493 e. The lowest BCUT2D eigenvalue weighted by molar-refractivity contribution is -0.138. The largest absolute Gasteiger partial charge is 0.493 e. The number of unbranched alkanes of at least 4 members (excludes halogenated alkanes) is 1. The van der Waals surface area contributed by atoms with Crippen molar-refractivity contribution < 1.29 is 23.7 Å². The summed E-state index contributed by atoms with van der Waals surface area (Å²) in [6, 6.07) is 5.26. The molecule has 2 rings (SSSR count). The van der Waals surface area contributed by atoms with E-state index < -0.39 is 5.97 Å². The predicted molar refractivity (Wildman–Crippen MR) is 83.4 cm³/mol. The number of fused-ring (bicyclic) bond motifs is 1. The number of rotatable bonds is 6. The molecule has 6 nitrogen and oxygen atoms in total. The van der Waals surface area contributed by atoms with Crippen LogP contribution in [0.2, 0.25) is 0 Å². The summed E-state index contributed by atoms with van der Waals surface area (Å²) in [6.45, 7) is 3.19. The number of nitrogens with zero attached hydrogens (tertiary/aromatic N) is 1. The van der Waals surface area contributed by atoms with Gasteiger partial charge in [-0.3, -0.25) is 0 Å². The molecule has 1 heterocycles. The zero-order valence-corrected chi connectivity index (χ0v) is 13.3. The zero-order chi connectivity index (χ0) is 16.7. The van der Waals surface area contributed by atoms with Crippen molar-refractivity contribution in [2.75, 3.05) is 26.9 Å². The van der Waals surface area contributed by atoms with Gasteiger partial charge < -0.3 is 18.9 Å². The Hall–Kier alpha value is -2.68. The molecule has 0 N–H and O–H groups in total. The highest BCUT2D eigenvalue weighted by Crippen LogP contribution is 2.40. The second-order valence-electron chi connectivity index (χ2n) is 4.91. The first kappa shape index (κ1) is 16.7. The fraction of sp³-hybridized carbons (Fsp3) is 0.412. The zero-order valence-electron chi connectivity index (χ0n) is 13.3. The molecule has 1 aliphatic heterocycles. The van der Waals surface area contributed by atoms with E-state index in [1.165, 1.54) is 13.2 Å². The van der Waals surface area contributed by atoms with Gasteiger partial charge in [-0.25, -0.2) is 4.79 Å². The van der Waals surface area contributed by atoms with Crippen LogP contribution in [0, 0.1) is 11.3 Å². The number of hydrogen-bond acceptors (Lipinski definition) is 6. The van der Waals surface area contributed by atoms with Gasteiger partial charge in [0, 0.05) is 0 Å². The summed E-state index contributed by atoms with van der Waals surface area (Å²) in [6.07, 6.45) is 3.13. The van der Waals surface area contributed by atoms with Crippen LogP contribution in [0.3, 0.4) is 0 Å². The Kier molecular flexibility index (Phi) is 5.87. The highest BCUT2D eigenvalue weighted by molar-refractivity contribution is 5.98. The van der Waals surface area contributed by atoms with Gasteiger partial charge >= 0.3 is 5.97 Å². The first-order chi connectivity index (χ1) is 11.2. The van der Waals surface area contributed by atoms with Crippen molar-refractivity contribution in [2.45, 2.75) is 19.8 Å². The number of esters is 1. The highest BCUT2D eigenvalue weighted by Gasteiger charge is 2.19. The maximum atomic E-state index is 11.9. The van der Waals surface area contributed by atoms with E-state index in [1.54, 1.807) is 12.1 Å². The van der Waals surface area contributed by atoms with Gasteiger partial charge in [0.15, 0.2) is 11.5 Å². The van der Waals surface area contributed by atoms with Crippen molar-refractivity contribution in [3.05, 3.63) is 23.3 Å². The first-order valence-electron chi connectivity index (χ1n) is 7.46. The third-order valence-electron chi connectivity index (χ3n) is 3.23. The van der Waals surface area contributed by atoms with E-state index in [4.69, 9.17) is 18.9 Å². The van der Waals surface area contributed by atoms with E-state index in [0.29, 0.717) is 42.6 Å². The number of benzene rings is 1. The van der Waals surface area contributed by atoms with E-state index in [9.17, 15) is 10.1 Å². The van der Waals surface area contributed by atoms with Gasteiger partial charge in [-0.15, -0.1) is 0 Å². The van der Waals surface area contributed by atoms with Crippen LogP contribution in [0.5, 0.6) is 17.2 Å². The summed E-state index contributed by atoms with van der Waals surface area (Å²) in [5.41, 5.74) is 0.537. The van der Waals surface area contributed by atoms with Crippen molar-refractivity contribution in [2.24, 2.45) is 0 Å². The third-order valence-corrected chi connectivity index (χ3v) is 3.23. The molecule has 0 spiro atoms. The Balaban J connectivity index is 2.26. The Morgan fingerprint density at radius 2 is 2.17 bits per heavy atom. The fourth-order valence-electron chi connectivity index (χ4n) is 2.07. The maximum Gasteiger partial charge on any atom is 0.348 e. The van der Waals surface area contributed by atoms with E-state index in [1.807, 2.05) is 13.0 Å². The molecule has 6 heteroatoms. The molecule has 0 atom stereocenters. The van der Waals surface area contributed by atoms with Crippen molar-refractivity contribution >= 4 is 12.0 Å². The molecule has 1 aromatic rings. The van der Waals surface area contributed by atoms with Crippen LogP contribution in [0.15, 0.2) is 17.7 Å². The van der Waals surface area contributed by atoms with Gasteiger partial charge in [-0.1, -0.05) is 13.3 Å². The molecule has 122 valence electrons. The van der Waals surface area contributed by atoms with Crippen LogP contribution >= 0.6 is 0 Å². The van der Waals surface area contributed by atoms with E-state index >= 15 is 0 Å². The van der Waals surface area contributed by atoms with Gasteiger partial charge in [-0.2, -0.15) is 5.26 Å². The molecular weight excluding hydrogens is 298 g/mol. The molecule has 0 unspecified atom stereocenters. The van der Waals surface area contributed by atoms with E-state index in [0.717, 1.165) is 12.8 Å². The third kappa shape index (κ3) is 4.16. The number of nitriles is 1. The molecule has 0 radical (unpaired) electrons. The van der Waals surface area contributed by atoms with Crippen molar-refractivity contribution in [3.63, 3.8) is 0 Å². The predicted octanol–water partition coefficient (Wildman–Crippen LogP) is 2.72. The molecule has 0 aromatic heterocycles. The molecule has 0 amide bonds. The Labute approximate surface area is 135 Å². The van der Waals surface area contributed by atoms with Gasteiger partial charge in [0.1, 0.15) is 24.9 Å². The SMILES string of the molecule is CCCCOC(=O)/C(C#N)=C/c1cc(OC)c2c(c1)OCCO2. The van der Waals surface area contributed by atoms with E-state index in [2.05, 4.69) is 0 Å². The Morgan fingerprint density at radius 3 is 2.87 bits per heavy atom. The Bertz CT molecular complexity index is 628. The van der Waals surface area contributed by atoms with Gasteiger partial charge in [0.2, 0.25) is 5.75 Å². The minimum atomic E-state index is -0.630. The quantitative estimate of drug-likeness (QED) is 0.347. The first-order valence-corrected chi connectivity index (χ1v) is 7.46. The molecule has 0 fully saturated rings. The smallest absolute Gasteiger partial charge is 0.348 e. The minimum absolute atomic E-state index is 0.0696. The lowest BCUT2D eigenvalue weighted by Gasteiger charge is -2.21. The van der Waals surface area contributed by atoms with Crippen LogP contribution < -0.4 is 14.2 Å². The average molecular weight is 317 g/mol. The van der Waals surface area contributed by atoms with Gasteiger partial charge in [0.05, 0.1) is 13.7 Å². The molecule has 1 aromatic carbocycles. The molecule has 0 saturated carbocycles.